The molecule has 0 aromatic heterocycles. The number of carbonyl (C=O) groups is 4. The highest BCUT2D eigenvalue weighted by molar-refractivity contribution is 5.85. The maximum absolute atomic E-state index is 12.3. The molecule has 1 heterocycles. The largest absolute Gasteiger partial charge is 0.480 e. The number of nitrogens with two attached hydrogens (primary N) is 2. The van der Waals surface area contributed by atoms with Gasteiger partial charge in [-0.05, 0) is 0 Å². The molecule has 178 valence electrons. The first-order valence-electron chi connectivity index (χ1n) is 10.1. The molecule has 7 N–H and O–H groups in total. The SMILES string of the molecule is NCC(N)C(=O)CN1CCN(CC(=O)O)CCN(CC(=O)O)CCN(CC(=O)O)CC1. The Morgan fingerprint density at radius 1 is 0.613 bits per heavy atom. The monoisotopic (exact) mass is 446 g/mol. The molecule has 31 heavy (non-hydrogen) atoms. The molecule has 1 unspecified atom stereocenters. The van der Waals surface area contributed by atoms with Gasteiger partial charge in [-0.15, -0.1) is 0 Å². The lowest BCUT2D eigenvalue weighted by Gasteiger charge is -2.33. The first-order chi connectivity index (χ1) is 14.6. The van der Waals surface area contributed by atoms with Crippen LogP contribution in [0.3, 0.4) is 0 Å². The Labute approximate surface area is 181 Å². The van der Waals surface area contributed by atoms with Gasteiger partial charge in [-0.3, -0.25) is 38.8 Å². The highest BCUT2D eigenvalue weighted by Crippen LogP contribution is 2.02. The molecule has 1 saturated heterocycles. The van der Waals surface area contributed by atoms with Crippen LogP contribution in [0.15, 0.2) is 0 Å². The molecule has 13 heteroatoms. The number of ketones is 1. The zero-order valence-corrected chi connectivity index (χ0v) is 17.7. The first-order valence-corrected chi connectivity index (χ1v) is 10.1. The summed E-state index contributed by atoms with van der Waals surface area (Å²) in [5.41, 5.74) is 11.2. The van der Waals surface area contributed by atoms with E-state index in [1.54, 1.807) is 14.7 Å². The van der Waals surface area contributed by atoms with Crippen molar-refractivity contribution >= 4 is 23.7 Å². The molecule has 1 atom stereocenters. The molecule has 0 spiro atoms. The van der Waals surface area contributed by atoms with Crippen LogP contribution in [0.2, 0.25) is 0 Å². The van der Waals surface area contributed by atoms with E-state index < -0.39 is 23.9 Å². The lowest BCUT2D eigenvalue weighted by molar-refractivity contribution is -0.140. The second-order valence-corrected chi connectivity index (χ2v) is 7.59. The average Bonchev–Trinajstić information content (AvgIpc) is 2.67. The van der Waals surface area contributed by atoms with E-state index in [9.17, 15) is 29.4 Å². The van der Waals surface area contributed by atoms with Crippen LogP contribution in [-0.2, 0) is 19.2 Å². The molecule has 1 rings (SSSR count). The molecule has 1 fully saturated rings. The Hall–Kier alpha value is -2.16. The van der Waals surface area contributed by atoms with Crippen LogP contribution in [0.5, 0.6) is 0 Å². The number of carbonyl (C=O) groups excluding carboxylic acids is 1. The highest BCUT2D eigenvalue weighted by Gasteiger charge is 2.22. The number of Topliss-reactive ketones (excluding diaryl/α,β-unsaturated/α-hetero) is 1. The van der Waals surface area contributed by atoms with Crippen molar-refractivity contribution in [2.45, 2.75) is 6.04 Å². The van der Waals surface area contributed by atoms with Crippen LogP contribution >= 0.6 is 0 Å². The minimum atomic E-state index is -1.01. The molecular formula is C18H34N6O7. The molecule has 0 aliphatic carbocycles. The number of rotatable bonds is 10. The van der Waals surface area contributed by atoms with Crippen molar-refractivity contribution < 1.29 is 34.5 Å². The summed E-state index contributed by atoms with van der Waals surface area (Å²) in [6.45, 7) is 2.11. The smallest absolute Gasteiger partial charge is 0.317 e. The lowest BCUT2D eigenvalue weighted by atomic mass is 10.2. The van der Waals surface area contributed by atoms with Gasteiger partial charge in [-0.25, -0.2) is 0 Å². The van der Waals surface area contributed by atoms with Gasteiger partial charge in [0.25, 0.3) is 0 Å². The summed E-state index contributed by atoms with van der Waals surface area (Å²) >= 11 is 0. The number of hydrogen-bond acceptors (Lipinski definition) is 10. The Morgan fingerprint density at radius 3 is 1.10 bits per heavy atom. The van der Waals surface area contributed by atoms with Gasteiger partial charge in [0.2, 0.25) is 0 Å². The van der Waals surface area contributed by atoms with Crippen LogP contribution in [0.4, 0.5) is 0 Å². The maximum atomic E-state index is 12.3. The Kier molecular flexibility index (Phi) is 12.1. The second-order valence-electron chi connectivity index (χ2n) is 7.59. The van der Waals surface area contributed by atoms with Crippen molar-refractivity contribution in [1.82, 2.24) is 19.6 Å². The third kappa shape index (κ3) is 11.7. The van der Waals surface area contributed by atoms with Gasteiger partial charge in [-0.2, -0.15) is 0 Å². The minimum absolute atomic E-state index is 0.0162. The molecule has 0 saturated carbocycles. The predicted molar refractivity (Wildman–Crippen MR) is 111 cm³/mol. The summed E-state index contributed by atoms with van der Waals surface area (Å²) in [4.78, 5) is 52.7. The fraction of sp³-hybridized carbons (Fsp3) is 0.778. The normalized spacial score (nSPS) is 19.8. The van der Waals surface area contributed by atoms with E-state index in [4.69, 9.17) is 16.6 Å². The topological polar surface area (TPSA) is 194 Å². The van der Waals surface area contributed by atoms with Gasteiger partial charge < -0.3 is 26.8 Å². The van der Waals surface area contributed by atoms with Crippen LogP contribution in [0.25, 0.3) is 0 Å². The van der Waals surface area contributed by atoms with E-state index in [1.165, 1.54) is 0 Å². The van der Waals surface area contributed by atoms with Crippen molar-refractivity contribution in [3.63, 3.8) is 0 Å². The predicted octanol–water partition coefficient (Wildman–Crippen LogP) is -3.68. The van der Waals surface area contributed by atoms with Crippen molar-refractivity contribution in [1.29, 1.82) is 0 Å². The molecule has 0 aromatic rings. The molecule has 1 aliphatic heterocycles. The summed E-state index contributed by atoms with van der Waals surface area (Å²) < 4.78 is 0. The summed E-state index contributed by atoms with van der Waals surface area (Å²) in [5.74, 6) is -3.26. The van der Waals surface area contributed by atoms with Gasteiger partial charge in [0.15, 0.2) is 5.78 Å². The number of hydrogen-bond donors (Lipinski definition) is 5. The zero-order valence-electron chi connectivity index (χ0n) is 17.7. The van der Waals surface area contributed by atoms with E-state index in [0.717, 1.165) is 0 Å². The van der Waals surface area contributed by atoms with Gasteiger partial charge in [0.1, 0.15) is 0 Å². The summed E-state index contributed by atoms with van der Waals surface area (Å²) in [5, 5.41) is 27.5. The molecule has 13 nitrogen and oxygen atoms in total. The third-order valence-electron chi connectivity index (χ3n) is 5.05. The van der Waals surface area contributed by atoms with E-state index >= 15 is 0 Å². The lowest BCUT2D eigenvalue weighted by Crippen LogP contribution is -2.50. The zero-order chi connectivity index (χ0) is 23.4. The first kappa shape index (κ1) is 26.9. The molecule has 1 aliphatic rings. The average molecular weight is 447 g/mol. The summed E-state index contributed by atoms with van der Waals surface area (Å²) in [6, 6.07) is -0.795. The Bertz CT molecular complexity index is 588. The fourth-order valence-electron chi connectivity index (χ4n) is 3.25. The number of carboxylic acids is 3. The van der Waals surface area contributed by atoms with Gasteiger partial charge in [0.05, 0.1) is 32.2 Å². The molecule has 0 aromatic carbocycles. The van der Waals surface area contributed by atoms with Crippen molar-refractivity contribution in [3.05, 3.63) is 0 Å². The Morgan fingerprint density at radius 2 is 0.871 bits per heavy atom. The van der Waals surface area contributed by atoms with Crippen LogP contribution in [-0.4, -0.2) is 150 Å². The van der Waals surface area contributed by atoms with Crippen molar-refractivity contribution in [2.24, 2.45) is 11.5 Å². The van der Waals surface area contributed by atoms with Gasteiger partial charge >= 0.3 is 17.9 Å². The van der Waals surface area contributed by atoms with Crippen LogP contribution in [0.1, 0.15) is 0 Å². The van der Waals surface area contributed by atoms with Gasteiger partial charge in [-0.1, -0.05) is 0 Å². The van der Waals surface area contributed by atoms with E-state index in [0.29, 0.717) is 52.4 Å². The second kappa shape index (κ2) is 14.0. The van der Waals surface area contributed by atoms with Gasteiger partial charge in [0, 0.05) is 58.9 Å². The number of carboxylic acid groups (broad SMARTS) is 3. The number of nitrogens with zero attached hydrogens (tertiary/aromatic N) is 4. The quantitative estimate of drug-likeness (QED) is 0.220. The van der Waals surface area contributed by atoms with Crippen molar-refractivity contribution in [3.8, 4) is 0 Å². The third-order valence-corrected chi connectivity index (χ3v) is 5.05. The van der Waals surface area contributed by atoms with E-state index in [2.05, 4.69) is 0 Å². The van der Waals surface area contributed by atoms with Crippen molar-refractivity contribution in [2.75, 3.05) is 85.1 Å². The molecule has 0 radical (unpaired) electrons. The molecular weight excluding hydrogens is 412 g/mol. The Balaban J connectivity index is 2.96. The summed E-state index contributed by atoms with van der Waals surface area (Å²) in [6.07, 6.45) is 0. The summed E-state index contributed by atoms with van der Waals surface area (Å²) in [7, 11) is 0. The fourth-order valence-corrected chi connectivity index (χ4v) is 3.25. The van der Waals surface area contributed by atoms with Crippen LogP contribution < -0.4 is 11.5 Å². The minimum Gasteiger partial charge on any atom is -0.480 e. The molecule has 0 amide bonds. The van der Waals surface area contributed by atoms with E-state index in [1.807, 2.05) is 4.90 Å². The standard InChI is InChI=1S/C18H34N6O7/c19-9-14(20)15(25)10-21-1-3-22(11-16(26)27)5-7-24(13-18(30)31)8-6-23(4-2-21)12-17(28)29/h14H,1-13,19-20H2,(H,26,27)(H,28,29)(H,30,31). The maximum Gasteiger partial charge on any atom is 0.317 e. The van der Waals surface area contributed by atoms with E-state index in [-0.39, 0.29) is 38.5 Å². The van der Waals surface area contributed by atoms with Crippen LogP contribution in [0, 0.1) is 0 Å². The highest BCUT2D eigenvalue weighted by atomic mass is 16.4. The molecule has 0 bridgehead atoms. The number of aliphatic carboxylic acids is 3.